The van der Waals surface area contributed by atoms with Crippen molar-refractivity contribution in [2.75, 3.05) is 19.8 Å². The Kier molecular flexibility index (Phi) is 4.40. The van der Waals surface area contributed by atoms with Crippen LogP contribution in [0.25, 0.3) is 0 Å². The average molecular weight is 235 g/mol. The second-order valence-corrected chi connectivity index (χ2v) is 4.38. The predicted octanol–water partition coefficient (Wildman–Crippen LogP) is 2.44. The van der Waals surface area contributed by atoms with Crippen LogP contribution in [0.5, 0.6) is 5.75 Å². The topological polar surface area (TPSA) is 44.5 Å². The number of fused-ring (bicyclic) bond motifs is 1. The van der Waals surface area contributed by atoms with E-state index in [9.17, 15) is 0 Å². The zero-order valence-electron chi connectivity index (χ0n) is 10.4. The molecule has 94 valence electrons. The van der Waals surface area contributed by atoms with E-state index < -0.39 is 0 Å². The first-order chi connectivity index (χ1) is 8.33. The third-order valence-electron chi connectivity index (χ3n) is 3.14. The van der Waals surface area contributed by atoms with Crippen molar-refractivity contribution in [1.82, 2.24) is 0 Å². The minimum atomic E-state index is 0.00889. The first-order valence-electron chi connectivity index (χ1n) is 6.41. The molecule has 0 radical (unpaired) electrons. The van der Waals surface area contributed by atoms with Crippen LogP contribution in [0.1, 0.15) is 36.9 Å². The molecule has 0 fully saturated rings. The van der Waals surface area contributed by atoms with Crippen molar-refractivity contribution in [2.24, 2.45) is 5.73 Å². The van der Waals surface area contributed by atoms with E-state index in [0.717, 1.165) is 43.8 Å². The standard InChI is InChI=1S/C14H21NO2/c1-2-16-10-8-13(15)12-7-3-5-11-6-4-9-17-14(11)12/h3,5,7,13H,2,4,6,8-10,15H2,1H3. The average Bonchev–Trinajstić information content (AvgIpc) is 2.38. The molecule has 1 heterocycles. The lowest BCUT2D eigenvalue weighted by molar-refractivity contribution is 0.139. The SMILES string of the molecule is CCOCCC(N)c1cccc2c1OCCC2. The van der Waals surface area contributed by atoms with Gasteiger partial charge in [-0.15, -0.1) is 0 Å². The molecule has 0 saturated carbocycles. The van der Waals surface area contributed by atoms with Crippen LogP contribution in [0.4, 0.5) is 0 Å². The van der Waals surface area contributed by atoms with Crippen LogP contribution in [-0.2, 0) is 11.2 Å². The zero-order chi connectivity index (χ0) is 12.1. The summed E-state index contributed by atoms with van der Waals surface area (Å²) in [5, 5.41) is 0. The Balaban J connectivity index is 2.09. The highest BCUT2D eigenvalue weighted by atomic mass is 16.5. The Morgan fingerprint density at radius 3 is 3.18 bits per heavy atom. The first-order valence-corrected chi connectivity index (χ1v) is 6.41. The second-order valence-electron chi connectivity index (χ2n) is 4.38. The summed E-state index contributed by atoms with van der Waals surface area (Å²) >= 11 is 0. The molecule has 17 heavy (non-hydrogen) atoms. The van der Waals surface area contributed by atoms with E-state index in [-0.39, 0.29) is 6.04 Å². The van der Waals surface area contributed by atoms with Crippen molar-refractivity contribution in [3.63, 3.8) is 0 Å². The Morgan fingerprint density at radius 1 is 1.47 bits per heavy atom. The van der Waals surface area contributed by atoms with Crippen molar-refractivity contribution >= 4 is 0 Å². The van der Waals surface area contributed by atoms with Crippen LogP contribution in [0.3, 0.4) is 0 Å². The second kappa shape index (κ2) is 6.03. The molecule has 0 amide bonds. The Labute approximate surface area is 103 Å². The van der Waals surface area contributed by atoms with Crippen molar-refractivity contribution in [3.8, 4) is 5.75 Å². The van der Waals surface area contributed by atoms with Gasteiger partial charge < -0.3 is 15.2 Å². The molecule has 0 spiro atoms. The highest BCUT2D eigenvalue weighted by Crippen LogP contribution is 2.33. The van der Waals surface area contributed by atoms with E-state index in [4.69, 9.17) is 15.2 Å². The minimum absolute atomic E-state index is 0.00889. The van der Waals surface area contributed by atoms with Gasteiger partial charge in [-0.1, -0.05) is 18.2 Å². The summed E-state index contributed by atoms with van der Waals surface area (Å²) in [6, 6.07) is 6.28. The molecule has 1 atom stereocenters. The largest absolute Gasteiger partial charge is 0.493 e. The Bertz CT molecular complexity index is 365. The fourth-order valence-corrected chi connectivity index (χ4v) is 2.22. The highest BCUT2D eigenvalue weighted by Gasteiger charge is 2.18. The van der Waals surface area contributed by atoms with Gasteiger partial charge in [0.15, 0.2) is 0 Å². The summed E-state index contributed by atoms with van der Waals surface area (Å²) in [6.07, 6.45) is 3.04. The van der Waals surface area contributed by atoms with Crippen molar-refractivity contribution in [3.05, 3.63) is 29.3 Å². The summed E-state index contributed by atoms with van der Waals surface area (Å²) < 4.78 is 11.1. The molecule has 1 aliphatic rings. The van der Waals surface area contributed by atoms with E-state index >= 15 is 0 Å². The van der Waals surface area contributed by atoms with Gasteiger partial charge in [0.1, 0.15) is 5.75 Å². The Morgan fingerprint density at radius 2 is 2.35 bits per heavy atom. The van der Waals surface area contributed by atoms with Crippen LogP contribution >= 0.6 is 0 Å². The van der Waals surface area contributed by atoms with E-state index in [1.54, 1.807) is 0 Å². The quantitative estimate of drug-likeness (QED) is 0.797. The van der Waals surface area contributed by atoms with Gasteiger partial charge in [0.25, 0.3) is 0 Å². The molecular formula is C14H21NO2. The maximum atomic E-state index is 6.20. The molecule has 0 bridgehead atoms. The number of aryl methyl sites for hydroxylation is 1. The van der Waals surface area contributed by atoms with Crippen LogP contribution in [0, 0.1) is 0 Å². The summed E-state index contributed by atoms with van der Waals surface area (Å²) in [6.45, 7) is 4.26. The Hall–Kier alpha value is -1.06. The zero-order valence-corrected chi connectivity index (χ0v) is 10.4. The van der Waals surface area contributed by atoms with Crippen molar-refractivity contribution in [1.29, 1.82) is 0 Å². The van der Waals surface area contributed by atoms with Crippen molar-refractivity contribution in [2.45, 2.75) is 32.2 Å². The number of hydrogen-bond acceptors (Lipinski definition) is 3. The summed E-state index contributed by atoms with van der Waals surface area (Å²) in [7, 11) is 0. The van der Waals surface area contributed by atoms with Gasteiger partial charge in [-0.25, -0.2) is 0 Å². The minimum Gasteiger partial charge on any atom is -0.493 e. The van der Waals surface area contributed by atoms with E-state index in [0.29, 0.717) is 6.61 Å². The normalized spacial score (nSPS) is 16.1. The number of benzene rings is 1. The van der Waals surface area contributed by atoms with E-state index in [2.05, 4.69) is 18.2 Å². The fourth-order valence-electron chi connectivity index (χ4n) is 2.22. The van der Waals surface area contributed by atoms with Gasteiger partial charge in [0, 0.05) is 24.8 Å². The molecule has 1 aliphatic heterocycles. The summed E-state index contributed by atoms with van der Waals surface area (Å²) in [5.41, 5.74) is 8.62. The summed E-state index contributed by atoms with van der Waals surface area (Å²) in [4.78, 5) is 0. The number of hydrogen-bond donors (Lipinski definition) is 1. The van der Waals surface area contributed by atoms with Gasteiger partial charge in [-0.05, 0) is 31.7 Å². The molecule has 2 rings (SSSR count). The molecule has 1 aromatic carbocycles. The monoisotopic (exact) mass is 235 g/mol. The molecule has 1 unspecified atom stereocenters. The number of rotatable bonds is 5. The molecule has 0 aliphatic carbocycles. The van der Waals surface area contributed by atoms with Crippen LogP contribution < -0.4 is 10.5 Å². The van der Waals surface area contributed by atoms with Gasteiger partial charge in [0.05, 0.1) is 6.61 Å². The van der Waals surface area contributed by atoms with Crippen LogP contribution in [-0.4, -0.2) is 19.8 Å². The lowest BCUT2D eigenvalue weighted by atomic mass is 9.97. The van der Waals surface area contributed by atoms with Crippen LogP contribution in [0.2, 0.25) is 0 Å². The highest BCUT2D eigenvalue weighted by molar-refractivity contribution is 5.44. The predicted molar refractivity (Wildman–Crippen MR) is 68.3 cm³/mol. The maximum Gasteiger partial charge on any atom is 0.127 e. The molecule has 1 aromatic rings. The van der Waals surface area contributed by atoms with Crippen LogP contribution in [0.15, 0.2) is 18.2 Å². The van der Waals surface area contributed by atoms with E-state index in [1.165, 1.54) is 5.56 Å². The number of nitrogens with two attached hydrogens (primary N) is 1. The first kappa shape index (κ1) is 12.4. The lowest BCUT2D eigenvalue weighted by Gasteiger charge is -2.23. The molecule has 2 N–H and O–H groups in total. The van der Waals surface area contributed by atoms with Gasteiger partial charge in [-0.2, -0.15) is 0 Å². The van der Waals surface area contributed by atoms with Crippen molar-refractivity contribution < 1.29 is 9.47 Å². The lowest BCUT2D eigenvalue weighted by Crippen LogP contribution is -2.17. The number of ether oxygens (including phenoxy) is 2. The number of para-hydroxylation sites is 1. The van der Waals surface area contributed by atoms with Gasteiger partial charge in [-0.3, -0.25) is 0 Å². The van der Waals surface area contributed by atoms with Gasteiger partial charge in [0.2, 0.25) is 0 Å². The third kappa shape index (κ3) is 2.99. The maximum absolute atomic E-state index is 6.20. The molecular weight excluding hydrogens is 214 g/mol. The third-order valence-corrected chi connectivity index (χ3v) is 3.14. The van der Waals surface area contributed by atoms with E-state index in [1.807, 2.05) is 6.92 Å². The fraction of sp³-hybridized carbons (Fsp3) is 0.571. The van der Waals surface area contributed by atoms with Gasteiger partial charge >= 0.3 is 0 Å². The molecule has 0 saturated heterocycles. The summed E-state index contributed by atoms with van der Waals surface area (Å²) in [5.74, 6) is 1.02. The smallest absolute Gasteiger partial charge is 0.127 e. The molecule has 3 heteroatoms. The molecule has 0 aromatic heterocycles. The molecule has 3 nitrogen and oxygen atoms in total.